The molecule has 0 radical (unpaired) electrons. The summed E-state index contributed by atoms with van der Waals surface area (Å²) in [5.41, 5.74) is 2.83. The van der Waals surface area contributed by atoms with E-state index in [0.29, 0.717) is 16.8 Å². The zero-order chi connectivity index (χ0) is 15.6. The number of aromatic carboxylic acids is 1. The fraction of sp³-hybridized carbons (Fsp3) is 0.125. The minimum Gasteiger partial charge on any atom is -0.478 e. The van der Waals surface area contributed by atoms with Crippen molar-refractivity contribution in [2.24, 2.45) is 0 Å². The third-order valence-corrected chi connectivity index (χ3v) is 4.09. The molecule has 0 aromatic heterocycles. The van der Waals surface area contributed by atoms with Gasteiger partial charge in [-0.15, -0.1) is 0 Å². The Hall–Kier alpha value is -2.14. The second kappa shape index (κ2) is 6.10. The predicted molar refractivity (Wildman–Crippen MR) is 85.0 cm³/mol. The van der Waals surface area contributed by atoms with E-state index >= 15 is 0 Å². The first kappa shape index (κ1) is 15.3. The molecule has 1 amide bonds. The molecule has 0 bridgehead atoms. The van der Waals surface area contributed by atoms with Gasteiger partial charge in [0.25, 0.3) is 5.91 Å². The van der Waals surface area contributed by atoms with Gasteiger partial charge < -0.3 is 10.4 Å². The van der Waals surface area contributed by atoms with Gasteiger partial charge in [0.05, 0.1) is 5.56 Å². The summed E-state index contributed by atoms with van der Waals surface area (Å²) in [4.78, 5) is 23.2. The molecule has 0 aliphatic rings. The van der Waals surface area contributed by atoms with E-state index in [0.717, 1.165) is 10.0 Å². The van der Waals surface area contributed by atoms with Crippen LogP contribution in [0.2, 0.25) is 0 Å². The minimum atomic E-state index is -0.979. The second-order valence-electron chi connectivity index (χ2n) is 4.70. The molecule has 0 fully saturated rings. The number of nitrogens with one attached hydrogen (secondary N) is 1. The number of aryl methyl sites for hydroxylation is 1. The van der Waals surface area contributed by atoms with Crippen molar-refractivity contribution in [3.8, 4) is 0 Å². The van der Waals surface area contributed by atoms with Gasteiger partial charge in [-0.1, -0.05) is 22.0 Å². The topological polar surface area (TPSA) is 66.4 Å². The zero-order valence-corrected chi connectivity index (χ0v) is 13.2. The van der Waals surface area contributed by atoms with E-state index in [9.17, 15) is 9.59 Å². The molecule has 2 aromatic carbocycles. The van der Waals surface area contributed by atoms with Crippen molar-refractivity contribution in [3.63, 3.8) is 0 Å². The van der Waals surface area contributed by atoms with Gasteiger partial charge in [-0.05, 0) is 55.3 Å². The highest BCUT2D eigenvalue weighted by Crippen LogP contribution is 2.21. The van der Waals surface area contributed by atoms with Gasteiger partial charge in [-0.25, -0.2) is 4.79 Å². The van der Waals surface area contributed by atoms with Crippen LogP contribution in [-0.4, -0.2) is 17.0 Å². The average molecular weight is 348 g/mol. The van der Waals surface area contributed by atoms with Crippen molar-refractivity contribution < 1.29 is 14.7 Å². The van der Waals surface area contributed by atoms with E-state index in [1.807, 2.05) is 13.0 Å². The highest BCUT2D eigenvalue weighted by atomic mass is 79.9. The van der Waals surface area contributed by atoms with Crippen molar-refractivity contribution >= 4 is 33.5 Å². The van der Waals surface area contributed by atoms with E-state index in [2.05, 4.69) is 21.2 Å². The van der Waals surface area contributed by atoms with E-state index in [-0.39, 0.29) is 11.5 Å². The van der Waals surface area contributed by atoms with Crippen LogP contribution < -0.4 is 5.32 Å². The lowest BCUT2D eigenvalue weighted by molar-refractivity contribution is 0.0696. The number of anilines is 1. The Balaban J connectivity index is 2.26. The molecule has 0 atom stereocenters. The Kier molecular flexibility index (Phi) is 4.43. The first-order valence-electron chi connectivity index (χ1n) is 6.30. The largest absolute Gasteiger partial charge is 0.478 e. The highest BCUT2D eigenvalue weighted by Gasteiger charge is 2.12. The molecule has 108 valence electrons. The molecule has 2 aromatic rings. The van der Waals surface area contributed by atoms with Crippen LogP contribution in [0.1, 0.15) is 31.8 Å². The molecule has 0 unspecified atom stereocenters. The van der Waals surface area contributed by atoms with Crippen LogP contribution >= 0.6 is 15.9 Å². The number of benzene rings is 2. The molecule has 4 nitrogen and oxygen atoms in total. The Morgan fingerprint density at radius 3 is 2.43 bits per heavy atom. The molecule has 0 spiro atoms. The molecule has 0 saturated carbocycles. The van der Waals surface area contributed by atoms with Gasteiger partial charge in [0.2, 0.25) is 0 Å². The van der Waals surface area contributed by atoms with Crippen molar-refractivity contribution in [2.75, 3.05) is 5.32 Å². The summed E-state index contributed by atoms with van der Waals surface area (Å²) in [5, 5.41) is 11.8. The van der Waals surface area contributed by atoms with Crippen LogP contribution in [0.25, 0.3) is 0 Å². The number of hydrogen-bond donors (Lipinski definition) is 2. The molecule has 0 saturated heterocycles. The lowest BCUT2D eigenvalue weighted by Crippen LogP contribution is -2.14. The summed E-state index contributed by atoms with van der Waals surface area (Å²) in [6, 6.07) is 10.1. The van der Waals surface area contributed by atoms with Crippen LogP contribution in [-0.2, 0) is 0 Å². The minimum absolute atomic E-state index is 0.226. The molecule has 0 heterocycles. The van der Waals surface area contributed by atoms with Crippen molar-refractivity contribution in [1.29, 1.82) is 0 Å². The van der Waals surface area contributed by atoms with Gasteiger partial charge in [-0.3, -0.25) is 4.79 Å². The number of rotatable bonds is 3. The van der Waals surface area contributed by atoms with E-state index in [4.69, 9.17) is 5.11 Å². The SMILES string of the molecule is Cc1cc(NC(=O)c2cccc(Br)c2C)ccc1C(=O)O. The van der Waals surface area contributed by atoms with Gasteiger partial charge in [0, 0.05) is 15.7 Å². The maximum absolute atomic E-state index is 12.3. The Bertz CT molecular complexity index is 725. The van der Waals surface area contributed by atoms with E-state index in [1.54, 1.807) is 31.2 Å². The second-order valence-corrected chi connectivity index (χ2v) is 5.56. The zero-order valence-electron chi connectivity index (χ0n) is 11.6. The quantitative estimate of drug-likeness (QED) is 0.881. The Labute approximate surface area is 130 Å². The van der Waals surface area contributed by atoms with E-state index in [1.165, 1.54) is 6.07 Å². The Morgan fingerprint density at radius 1 is 1.10 bits per heavy atom. The van der Waals surface area contributed by atoms with Crippen LogP contribution in [0.3, 0.4) is 0 Å². The van der Waals surface area contributed by atoms with Crippen LogP contribution in [0.4, 0.5) is 5.69 Å². The first-order valence-corrected chi connectivity index (χ1v) is 7.10. The fourth-order valence-corrected chi connectivity index (χ4v) is 2.40. The monoisotopic (exact) mass is 347 g/mol. The number of amides is 1. The first-order chi connectivity index (χ1) is 9.90. The van der Waals surface area contributed by atoms with Crippen LogP contribution in [0.15, 0.2) is 40.9 Å². The maximum atomic E-state index is 12.3. The van der Waals surface area contributed by atoms with Crippen molar-refractivity contribution in [2.45, 2.75) is 13.8 Å². The summed E-state index contributed by atoms with van der Waals surface area (Å²) in [5.74, 6) is -1.20. The molecule has 0 aliphatic carbocycles. The predicted octanol–water partition coefficient (Wildman–Crippen LogP) is 4.02. The van der Waals surface area contributed by atoms with Crippen LogP contribution in [0, 0.1) is 13.8 Å². The maximum Gasteiger partial charge on any atom is 0.335 e. The number of carboxylic acids is 1. The molecule has 5 heteroatoms. The van der Waals surface area contributed by atoms with Gasteiger partial charge in [0.15, 0.2) is 0 Å². The van der Waals surface area contributed by atoms with E-state index < -0.39 is 5.97 Å². The molecule has 0 aliphatic heterocycles. The standard InChI is InChI=1S/C16H14BrNO3/c1-9-8-11(6-7-12(9)16(20)21)18-15(19)13-4-3-5-14(17)10(13)2/h3-8H,1-2H3,(H,18,19)(H,20,21). The normalized spacial score (nSPS) is 10.2. The van der Waals surface area contributed by atoms with Crippen molar-refractivity contribution in [3.05, 3.63) is 63.1 Å². The third kappa shape index (κ3) is 3.31. The van der Waals surface area contributed by atoms with Gasteiger partial charge in [0.1, 0.15) is 0 Å². The fourth-order valence-electron chi connectivity index (χ4n) is 2.03. The van der Waals surface area contributed by atoms with Gasteiger partial charge in [-0.2, -0.15) is 0 Å². The number of carbonyl (C=O) groups is 2. The highest BCUT2D eigenvalue weighted by molar-refractivity contribution is 9.10. The lowest BCUT2D eigenvalue weighted by atomic mass is 10.1. The summed E-state index contributed by atoms with van der Waals surface area (Å²) in [6.45, 7) is 3.56. The summed E-state index contributed by atoms with van der Waals surface area (Å²) in [6.07, 6.45) is 0. The van der Waals surface area contributed by atoms with Gasteiger partial charge >= 0.3 is 5.97 Å². The average Bonchev–Trinajstić information content (AvgIpc) is 2.41. The summed E-state index contributed by atoms with van der Waals surface area (Å²) in [7, 11) is 0. The number of carboxylic acid groups (broad SMARTS) is 1. The summed E-state index contributed by atoms with van der Waals surface area (Å²) >= 11 is 3.39. The van der Waals surface area contributed by atoms with Crippen molar-refractivity contribution in [1.82, 2.24) is 0 Å². The smallest absolute Gasteiger partial charge is 0.335 e. The van der Waals surface area contributed by atoms with Crippen LogP contribution in [0.5, 0.6) is 0 Å². The number of hydrogen-bond acceptors (Lipinski definition) is 2. The summed E-state index contributed by atoms with van der Waals surface area (Å²) < 4.78 is 0.868. The lowest BCUT2D eigenvalue weighted by Gasteiger charge is -2.10. The third-order valence-electron chi connectivity index (χ3n) is 3.23. The molecule has 2 rings (SSSR count). The Morgan fingerprint density at radius 2 is 1.81 bits per heavy atom. The molecular formula is C16H14BrNO3. The molecule has 2 N–H and O–H groups in total. The number of halogens is 1. The molecule has 21 heavy (non-hydrogen) atoms. The molecular weight excluding hydrogens is 334 g/mol. The number of carbonyl (C=O) groups excluding carboxylic acids is 1.